The number of rotatable bonds is 7. The highest BCUT2D eigenvalue weighted by Crippen LogP contribution is 2.20. The second-order valence-corrected chi connectivity index (χ2v) is 7.39. The highest BCUT2D eigenvalue weighted by molar-refractivity contribution is 5.97. The summed E-state index contributed by atoms with van der Waals surface area (Å²) in [6, 6.07) is 18.9. The summed E-state index contributed by atoms with van der Waals surface area (Å²) in [5.41, 5.74) is 2.28. The minimum atomic E-state index is -1.16. The summed E-state index contributed by atoms with van der Waals surface area (Å²) in [5, 5.41) is 20.0. The molecule has 32 heavy (non-hydrogen) atoms. The fraction of sp³-hybridized carbons (Fsp3) is 0.125. The van der Waals surface area contributed by atoms with Gasteiger partial charge in [-0.3, -0.25) is 4.79 Å². The zero-order valence-electron chi connectivity index (χ0n) is 17.1. The molecule has 0 saturated heterocycles. The third-order valence-corrected chi connectivity index (χ3v) is 5.15. The average Bonchev–Trinajstić information content (AvgIpc) is 3.20. The number of amides is 3. The lowest BCUT2D eigenvalue weighted by molar-refractivity contribution is -0.139. The number of aromatic nitrogens is 1. The largest absolute Gasteiger partial charge is 0.480 e. The molecule has 0 fully saturated rings. The third kappa shape index (κ3) is 4.86. The van der Waals surface area contributed by atoms with Gasteiger partial charge in [-0.05, 0) is 34.5 Å². The van der Waals surface area contributed by atoms with Gasteiger partial charge in [0.2, 0.25) is 5.91 Å². The van der Waals surface area contributed by atoms with E-state index in [-0.39, 0.29) is 13.0 Å². The van der Waals surface area contributed by atoms with Gasteiger partial charge in [-0.1, -0.05) is 48.5 Å². The van der Waals surface area contributed by atoms with Gasteiger partial charge >= 0.3 is 12.0 Å². The first-order chi connectivity index (χ1) is 15.5. The molecule has 0 aliphatic heterocycles. The Morgan fingerprint density at radius 1 is 0.938 bits per heavy atom. The SMILES string of the molecule is O=C(CNC(=O)NC(Cc1c[nH]c2ccccc12)C(=O)O)Nc1ccc2ccccc2c1. The van der Waals surface area contributed by atoms with Crippen LogP contribution in [0.3, 0.4) is 0 Å². The summed E-state index contributed by atoms with van der Waals surface area (Å²) < 4.78 is 0. The topological polar surface area (TPSA) is 123 Å². The van der Waals surface area contributed by atoms with Crippen LogP contribution in [0.4, 0.5) is 10.5 Å². The number of urea groups is 1. The lowest BCUT2D eigenvalue weighted by atomic mass is 10.1. The first-order valence-corrected chi connectivity index (χ1v) is 10.1. The van der Waals surface area contributed by atoms with Crippen molar-refractivity contribution in [1.82, 2.24) is 15.6 Å². The Morgan fingerprint density at radius 2 is 1.69 bits per heavy atom. The molecule has 8 nitrogen and oxygen atoms in total. The quantitative estimate of drug-likeness (QED) is 0.309. The zero-order valence-corrected chi connectivity index (χ0v) is 17.1. The molecular formula is C24H22N4O4. The molecule has 0 radical (unpaired) electrons. The summed E-state index contributed by atoms with van der Waals surface area (Å²) in [6.45, 7) is -0.294. The molecule has 1 unspecified atom stereocenters. The number of H-pyrrole nitrogens is 1. The van der Waals surface area contributed by atoms with Crippen LogP contribution in [0.5, 0.6) is 0 Å². The van der Waals surface area contributed by atoms with E-state index in [0.29, 0.717) is 5.69 Å². The first kappa shape index (κ1) is 20.9. The predicted octanol–water partition coefficient (Wildman–Crippen LogP) is 3.25. The summed E-state index contributed by atoms with van der Waals surface area (Å²) >= 11 is 0. The number of benzene rings is 3. The molecule has 0 aliphatic rings. The summed E-state index contributed by atoms with van der Waals surface area (Å²) in [4.78, 5) is 39.1. The smallest absolute Gasteiger partial charge is 0.326 e. The molecule has 3 amide bonds. The average molecular weight is 430 g/mol. The normalized spacial score (nSPS) is 11.8. The Labute approximate surface area is 183 Å². The molecule has 0 spiro atoms. The number of fused-ring (bicyclic) bond motifs is 2. The van der Waals surface area contributed by atoms with Crippen molar-refractivity contribution >= 4 is 45.3 Å². The molecule has 162 valence electrons. The Bertz CT molecular complexity index is 1300. The van der Waals surface area contributed by atoms with E-state index in [2.05, 4.69) is 20.9 Å². The number of hydrogen-bond acceptors (Lipinski definition) is 3. The zero-order chi connectivity index (χ0) is 22.5. The number of aliphatic carboxylic acids is 1. The van der Waals surface area contributed by atoms with Crippen LogP contribution in [0.2, 0.25) is 0 Å². The molecule has 4 aromatic rings. The van der Waals surface area contributed by atoms with Gasteiger partial charge in [0, 0.05) is 29.2 Å². The van der Waals surface area contributed by atoms with E-state index in [4.69, 9.17) is 0 Å². The second-order valence-electron chi connectivity index (χ2n) is 7.39. The number of hydrogen-bond donors (Lipinski definition) is 5. The second kappa shape index (κ2) is 9.22. The molecule has 4 rings (SSSR count). The number of carbonyl (C=O) groups excluding carboxylic acids is 2. The lowest BCUT2D eigenvalue weighted by Crippen LogP contribution is -2.48. The Balaban J connectivity index is 1.32. The standard InChI is InChI=1S/C24H22N4O4/c29-22(27-18-10-9-15-5-1-2-6-16(15)11-18)14-26-24(32)28-21(23(30)31)12-17-13-25-20-8-4-3-7-19(17)20/h1-11,13,21,25H,12,14H2,(H,27,29)(H,30,31)(H2,26,28,32). The van der Waals surface area contributed by atoms with E-state index >= 15 is 0 Å². The van der Waals surface area contributed by atoms with Crippen LogP contribution < -0.4 is 16.0 Å². The van der Waals surface area contributed by atoms with Crippen molar-refractivity contribution in [2.75, 3.05) is 11.9 Å². The highest BCUT2D eigenvalue weighted by atomic mass is 16.4. The fourth-order valence-corrected chi connectivity index (χ4v) is 3.56. The summed E-state index contributed by atoms with van der Waals surface area (Å²) in [5.74, 6) is -1.58. The molecular weight excluding hydrogens is 408 g/mol. The van der Waals surface area contributed by atoms with Gasteiger partial charge in [-0.2, -0.15) is 0 Å². The van der Waals surface area contributed by atoms with Gasteiger partial charge in [-0.15, -0.1) is 0 Å². The van der Waals surface area contributed by atoms with Crippen molar-refractivity contribution in [3.63, 3.8) is 0 Å². The van der Waals surface area contributed by atoms with Gasteiger partial charge in [0.25, 0.3) is 0 Å². The maximum absolute atomic E-state index is 12.2. The van der Waals surface area contributed by atoms with Crippen molar-refractivity contribution in [3.8, 4) is 0 Å². The van der Waals surface area contributed by atoms with Crippen LogP contribution in [0, 0.1) is 0 Å². The van der Waals surface area contributed by atoms with Crippen molar-refractivity contribution < 1.29 is 19.5 Å². The molecule has 5 N–H and O–H groups in total. The van der Waals surface area contributed by atoms with Gasteiger partial charge in [-0.25, -0.2) is 9.59 Å². The number of anilines is 1. The summed E-state index contributed by atoms with van der Waals surface area (Å²) in [6.07, 6.45) is 1.84. The van der Waals surface area contributed by atoms with Crippen molar-refractivity contribution in [2.24, 2.45) is 0 Å². The maximum atomic E-state index is 12.2. The van der Waals surface area contributed by atoms with Gasteiger partial charge in [0.15, 0.2) is 0 Å². The number of nitrogens with one attached hydrogen (secondary N) is 4. The van der Waals surface area contributed by atoms with Crippen LogP contribution in [0.1, 0.15) is 5.56 Å². The van der Waals surface area contributed by atoms with E-state index in [1.165, 1.54) is 0 Å². The Morgan fingerprint density at radius 3 is 2.50 bits per heavy atom. The van der Waals surface area contributed by atoms with Crippen molar-refractivity contribution in [3.05, 3.63) is 78.5 Å². The number of carboxylic acid groups (broad SMARTS) is 1. The van der Waals surface area contributed by atoms with Crippen LogP contribution in [-0.4, -0.2) is 40.6 Å². The number of carbonyl (C=O) groups is 3. The van der Waals surface area contributed by atoms with Gasteiger partial charge < -0.3 is 26.0 Å². The Kier molecular flexibility index (Phi) is 6.03. The number of carboxylic acids is 1. The molecule has 1 heterocycles. The molecule has 0 aliphatic carbocycles. The van der Waals surface area contributed by atoms with Crippen LogP contribution in [-0.2, 0) is 16.0 Å². The van der Waals surface area contributed by atoms with E-state index in [1.807, 2.05) is 60.7 Å². The monoisotopic (exact) mass is 430 g/mol. The third-order valence-electron chi connectivity index (χ3n) is 5.15. The van der Waals surface area contributed by atoms with E-state index in [1.54, 1.807) is 12.3 Å². The molecule has 0 saturated carbocycles. The molecule has 1 aromatic heterocycles. The number of aromatic amines is 1. The molecule has 0 bridgehead atoms. The predicted molar refractivity (Wildman–Crippen MR) is 123 cm³/mol. The van der Waals surface area contributed by atoms with E-state index in [0.717, 1.165) is 27.2 Å². The minimum absolute atomic E-state index is 0.107. The van der Waals surface area contributed by atoms with Gasteiger partial charge in [0.05, 0.1) is 6.54 Å². The maximum Gasteiger partial charge on any atom is 0.326 e. The fourth-order valence-electron chi connectivity index (χ4n) is 3.56. The van der Waals surface area contributed by atoms with Crippen molar-refractivity contribution in [1.29, 1.82) is 0 Å². The molecule has 3 aromatic carbocycles. The molecule has 8 heteroatoms. The van der Waals surface area contributed by atoms with Crippen LogP contribution >= 0.6 is 0 Å². The number of para-hydroxylation sites is 1. The minimum Gasteiger partial charge on any atom is -0.480 e. The summed E-state index contributed by atoms with van der Waals surface area (Å²) in [7, 11) is 0. The van der Waals surface area contributed by atoms with Crippen LogP contribution in [0.15, 0.2) is 72.9 Å². The van der Waals surface area contributed by atoms with E-state index < -0.39 is 23.9 Å². The highest BCUT2D eigenvalue weighted by Gasteiger charge is 2.22. The molecule has 1 atom stereocenters. The first-order valence-electron chi connectivity index (χ1n) is 10.1. The van der Waals surface area contributed by atoms with Crippen LogP contribution in [0.25, 0.3) is 21.7 Å². The van der Waals surface area contributed by atoms with E-state index in [9.17, 15) is 19.5 Å². The van der Waals surface area contributed by atoms with Gasteiger partial charge in [0.1, 0.15) is 6.04 Å². The van der Waals surface area contributed by atoms with Crippen molar-refractivity contribution in [2.45, 2.75) is 12.5 Å². The Hall–Kier alpha value is -4.33. The lowest BCUT2D eigenvalue weighted by Gasteiger charge is -2.15.